The molecule has 1 amide bonds. The Bertz CT molecular complexity index is 464. The number of nitrogens with one attached hydrogen (secondary N) is 1. The Balaban J connectivity index is 1.75. The van der Waals surface area contributed by atoms with Crippen LogP contribution in [0.15, 0.2) is 30.3 Å². The largest absolute Gasteiger partial charge is 0.337 e. The van der Waals surface area contributed by atoms with Gasteiger partial charge in [-0.3, -0.25) is 9.59 Å². The van der Waals surface area contributed by atoms with Crippen molar-refractivity contribution in [3.63, 3.8) is 0 Å². The number of Topliss-reactive ketones (excluding diaryl/α,β-unsaturated/α-hetero) is 1. The molecular formula is C15H20N2O2S. The van der Waals surface area contributed by atoms with E-state index in [-0.39, 0.29) is 17.7 Å². The van der Waals surface area contributed by atoms with Gasteiger partial charge in [-0.05, 0) is 6.92 Å². The van der Waals surface area contributed by atoms with E-state index < -0.39 is 0 Å². The van der Waals surface area contributed by atoms with Crippen LogP contribution in [0.2, 0.25) is 0 Å². The predicted octanol–water partition coefficient (Wildman–Crippen LogP) is 1.42. The molecule has 1 heterocycles. The van der Waals surface area contributed by atoms with Gasteiger partial charge in [-0.25, -0.2) is 0 Å². The maximum Gasteiger partial charge on any atom is 0.232 e. The lowest BCUT2D eigenvalue weighted by Gasteiger charge is -2.33. The molecule has 0 aliphatic carbocycles. The molecule has 1 N–H and O–H groups in total. The van der Waals surface area contributed by atoms with E-state index in [9.17, 15) is 9.59 Å². The third-order valence-electron chi connectivity index (χ3n) is 3.38. The van der Waals surface area contributed by atoms with E-state index in [0.717, 1.165) is 19.6 Å². The molecule has 1 aliphatic heterocycles. The molecule has 0 bridgehead atoms. The first-order valence-corrected chi connectivity index (χ1v) is 8.00. The van der Waals surface area contributed by atoms with Crippen LogP contribution in [0.4, 0.5) is 0 Å². The summed E-state index contributed by atoms with van der Waals surface area (Å²) >= 11 is 1.40. The summed E-state index contributed by atoms with van der Waals surface area (Å²) in [6, 6.07) is 9.45. The molecular weight excluding hydrogens is 272 g/mol. The van der Waals surface area contributed by atoms with Gasteiger partial charge in [-0.15, -0.1) is 11.8 Å². The van der Waals surface area contributed by atoms with Gasteiger partial charge in [0.25, 0.3) is 0 Å². The zero-order valence-electron chi connectivity index (χ0n) is 11.7. The Kier molecular flexibility index (Phi) is 5.61. The van der Waals surface area contributed by atoms with Gasteiger partial charge in [0.2, 0.25) is 5.91 Å². The van der Waals surface area contributed by atoms with Crippen molar-refractivity contribution in [1.82, 2.24) is 10.2 Å². The van der Waals surface area contributed by atoms with Gasteiger partial charge < -0.3 is 10.2 Å². The summed E-state index contributed by atoms with van der Waals surface area (Å²) in [5.41, 5.74) is 0.711. The molecule has 1 aliphatic rings. The molecule has 1 saturated heterocycles. The number of nitrogens with zero attached hydrogens (tertiary/aromatic N) is 1. The number of carbonyl (C=O) groups excluding carboxylic acids is 2. The Morgan fingerprint density at radius 3 is 2.75 bits per heavy atom. The number of hydrogen-bond donors (Lipinski definition) is 1. The van der Waals surface area contributed by atoms with Gasteiger partial charge in [-0.1, -0.05) is 30.3 Å². The molecule has 0 aromatic heterocycles. The highest BCUT2D eigenvalue weighted by molar-refractivity contribution is 8.00. The number of piperazine rings is 1. The maximum absolute atomic E-state index is 12.1. The second kappa shape index (κ2) is 7.45. The lowest BCUT2D eigenvalue weighted by molar-refractivity contribution is -0.131. The SMILES string of the molecule is CC1CNCCN1C(=O)CSCC(=O)c1ccccc1. The van der Waals surface area contributed by atoms with E-state index in [1.54, 1.807) is 0 Å². The fourth-order valence-corrected chi connectivity index (χ4v) is 3.03. The van der Waals surface area contributed by atoms with Gasteiger partial charge in [0, 0.05) is 31.2 Å². The van der Waals surface area contributed by atoms with Crippen LogP contribution in [-0.4, -0.2) is 53.8 Å². The number of thioether (sulfide) groups is 1. The summed E-state index contributed by atoms with van der Waals surface area (Å²) in [5.74, 6) is 0.945. The highest BCUT2D eigenvalue weighted by Gasteiger charge is 2.22. The quantitative estimate of drug-likeness (QED) is 0.834. The van der Waals surface area contributed by atoms with Gasteiger partial charge in [0.15, 0.2) is 5.78 Å². The summed E-state index contributed by atoms with van der Waals surface area (Å²) < 4.78 is 0. The standard InChI is InChI=1S/C15H20N2O2S/c1-12-9-16-7-8-17(12)15(19)11-20-10-14(18)13-5-3-2-4-6-13/h2-6,12,16H,7-11H2,1H3. The summed E-state index contributed by atoms with van der Waals surface area (Å²) in [4.78, 5) is 25.9. The number of rotatable bonds is 5. The van der Waals surface area contributed by atoms with Crippen LogP contribution >= 0.6 is 11.8 Å². The minimum Gasteiger partial charge on any atom is -0.337 e. The monoisotopic (exact) mass is 292 g/mol. The second-order valence-corrected chi connectivity index (χ2v) is 5.91. The van der Waals surface area contributed by atoms with Crippen molar-refractivity contribution in [3.05, 3.63) is 35.9 Å². The van der Waals surface area contributed by atoms with E-state index in [2.05, 4.69) is 5.32 Å². The second-order valence-electron chi connectivity index (χ2n) is 4.92. The molecule has 0 radical (unpaired) electrons. The van der Waals surface area contributed by atoms with Crippen LogP contribution in [0.5, 0.6) is 0 Å². The van der Waals surface area contributed by atoms with Crippen molar-refractivity contribution in [1.29, 1.82) is 0 Å². The molecule has 1 aromatic rings. The molecule has 4 nitrogen and oxygen atoms in total. The van der Waals surface area contributed by atoms with Crippen LogP contribution in [0.25, 0.3) is 0 Å². The lowest BCUT2D eigenvalue weighted by Crippen LogP contribution is -2.52. The molecule has 2 rings (SSSR count). The molecule has 20 heavy (non-hydrogen) atoms. The van der Waals surface area contributed by atoms with Gasteiger partial charge in [0.1, 0.15) is 0 Å². The first-order chi connectivity index (χ1) is 9.68. The van der Waals surface area contributed by atoms with Crippen molar-refractivity contribution in [2.24, 2.45) is 0 Å². The van der Waals surface area contributed by atoms with Crippen molar-refractivity contribution in [3.8, 4) is 0 Å². The van der Waals surface area contributed by atoms with Crippen LogP contribution in [0.1, 0.15) is 17.3 Å². The Morgan fingerprint density at radius 1 is 1.30 bits per heavy atom. The summed E-state index contributed by atoms with van der Waals surface area (Å²) in [6.45, 7) is 4.50. The highest BCUT2D eigenvalue weighted by atomic mass is 32.2. The normalized spacial score (nSPS) is 18.9. The zero-order chi connectivity index (χ0) is 14.4. The van der Waals surface area contributed by atoms with E-state index in [1.807, 2.05) is 42.2 Å². The molecule has 1 atom stereocenters. The van der Waals surface area contributed by atoms with Crippen molar-refractivity contribution in [2.45, 2.75) is 13.0 Å². The minimum atomic E-state index is 0.0803. The molecule has 5 heteroatoms. The van der Waals surface area contributed by atoms with Crippen molar-refractivity contribution in [2.75, 3.05) is 31.1 Å². The molecule has 0 spiro atoms. The topological polar surface area (TPSA) is 49.4 Å². The third-order valence-corrected chi connectivity index (χ3v) is 4.29. The fourth-order valence-electron chi connectivity index (χ4n) is 2.23. The summed E-state index contributed by atoms with van der Waals surface area (Å²) in [7, 11) is 0. The van der Waals surface area contributed by atoms with Crippen LogP contribution in [0.3, 0.4) is 0 Å². The first kappa shape index (κ1) is 15.1. The Morgan fingerprint density at radius 2 is 2.05 bits per heavy atom. The zero-order valence-corrected chi connectivity index (χ0v) is 12.5. The van der Waals surface area contributed by atoms with E-state index in [4.69, 9.17) is 0 Å². The van der Waals surface area contributed by atoms with Crippen LogP contribution in [-0.2, 0) is 4.79 Å². The number of amides is 1. The van der Waals surface area contributed by atoms with Crippen LogP contribution < -0.4 is 5.32 Å². The molecule has 1 fully saturated rings. The fraction of sp³-hybridized carbons (Fsp3) is 0.467. The third kappa shape index (κ3) is 4.08. The lowest BCUT2D eigenvalue weighted by atomic mass is 10.2. The van der Waals surface area contributed by atoms with E-state index in [1.165, 1.54) is 11.8 Å². The van der Waals surface area contributed by atoms with E-state index in [0.29, 0.717) is 17.1 Å². The summed E-state index contributed by atoms with van der Waals surface area (Å²) in [6.07, 6.45) is 0. The van der Waals surface area contributed by atoms with Gasteiger partial charge >= 0.3 is 0 Å². The van der Waals surface area contributed by atoms with Crippen molar-refractivity contribution >= 4 is 23.5 Å². The van der Waals surface area contributed by atoms with Gasteiger partial charge in [-0.2, -0.15) is 0 Å². The Hall–Kier alpha value is -1.33. The molecule has 1 unspecified atom stereocenters. The number of hydrogen-bond acceptors (Lipinski definition) is 4. The number of ketones is 1. The maximum atomic E-state index is 12.1. The highest BCUT2D eigenvalue weighted by Crippen LogP contribution is 2.10. The number of benzene rings is 1. The average molecular weight is 292 g/mol. The number of carbonyl (C=O) groups is 2. The van der Waals surface area contributed by atoms with Gasteiger partial charge in [0.05, 0.1) is 11.5 Å². The van der Waals surface area contributed by atoms with Crippen molar-refractivity contribution < 1.29 is 9.59 Å². The summed E-state index contributed by atoms with van der Waals surface area (Å²) in [5, 5.41) is 3.26. The molecule has 108 valence electrons. The minimum absolute atomic E-state index is 0.0803. The molecule has 1 aromatic carbocycles. The van der Waals surface area contributed by atoms with Crippen LogP contribution in [0, 0.1) is 0 Å². The first-order valence-electron chi connectivity index (χ1n) is 6.84. The van der Waals surface area contributed by atoms with E-state index >= 15 is 0 Å². The average Bonchev–Trinajstić information content (AvgIpc) is 2.48. The smallest absolute Gasteiger partial charge is 0.232 e. The Labute approximate surface area is 123 Å². The predicted molar refractivity (Wildman–Crippen MR) is 82.1 cm³/mol. The molecule has 0 saturated carbocycles.